The van der Waals surface area contributed by atoms with Crippen LogP contribution in [0.4, 0.5) is 17.1 Å². The number of piperidine rings is 1. The number of nitrogens with one attached hydrogen (secondary N) is 1. The summed E-state index contributed by atoms with van der Waals surface area (Å²) in [4.78, 5) is 28.5. The lowest BCUT2D eigenvalue weighted by molar-refractivity contribution is -0.117. The van der Waals surface area contributed by atoms with Gasteiger partial charge in [-0.3, -0.25) is 9.59 Å². The highest BCUT2D eigenvalue weighted by Gasteiger charge is 2.16. The summed E-state index contributed by atoms with van der Waals surface area (Å²) in [5.74, 6) is -0.343. The quantitative estimate of drug-likeness (QED) is 0.811. The number of carbonyl (C=O) groups excluding carboxylic acids is 2. The SMILES string of the molecule is CC(=O)N(CCC(=O)Nc1ccccc1C#N)c1ccc(N2CCCCC2)cc1. The Morgan fingerprint density at radius 1 is 1.07 bits per heavy atom. The second kappa shape index (κ2) is 9.74. The number of para-hydroxylation sites is 1. The minimum absolute atomic E-state index is 0.110. The van der Waals surface area contributed by atoms with E-state index in [1.807, 2.05) is 24.3 Å². The second-order valence-electron chi connectivity index (χ2n) is 7.19. The van der Waals surface area contributed by atoms with E-state index in [2.05, 4.69) is 16.3 Å². The van der Waals surface area contributed by atoms with Crippen molar-refractivity contribution in [2.24, 2.45) is 0 Å². The zero-order valence-electron chi connectivity index (χ0n) is 16.7. The Hall–Kier alpha value is -3.33. The maximum Gasteiger partial charge on any atom is 0.226 e. The summed E-state index contributed by atoms with van der Waals surface area (Å²) in [5, 5.41) is 11.9. The highest BCUT2D eigenvalue weighted by molar-refractivity contribution is 5.95. The summed E-state index contributed by atoms with van der Waals surface area (Å²) < 4.78 is 0. The molecule has 150 valence electrons. The van der Waals surface area contributed by atoms with Gasteiger partial charge >= 0.3 is 0 Å². The third kappa shape index (κ3) is 5.35. The van der Waals surface area contributed by atoms with Crippen LogP contribution in [0, 0.1) is 11.3 Å². The molecule has 1 N–H and O–H groups in total. The van der Waals surface area contributed by atoms with Crippen LogP contribution < -0.4 is 15.1 Å². The highest BCUT2D eigenvalue weighted by Crippen LogP contribution is 2.24. The number of nitrogens with zero attached hydrogens (tertiary/aromatic N) is 3. The first-order valence-corrected chi connectivity index (χ1v) is 10.0. The molecule has 6 nitrogen and oxygen atoms in total. The molecule has 1 aliphatic heterocycles. The number of hydrogen-bond donors (Lipinski definition) is 1. The topological polar surface area (TPSA) is 76.4 Å². The van der Waals surface area contributed by atoms with Crippen molar-refractivity contribution in [2.45, 2.75) is 32.6 Å². The number of hydrogen-bond acceptors (Lipinski definition) is 4. The number of carbonyl (C=O) groups is 2. The van der Waals surface area contributed by atoms with Gasteiger partial charge in [-0.2, -0.15) is 5.26 Å². The predicted molar refractivity (Wildman–Crippen MR) is 115 cm³/mol. The monoisotopic (exact) mass is 390 g/mol. The van der Waals surface area contributed by atoms with Crippen LogP contribution in [0.15, 0.2) is 48.5 Å². The molecular weight excluding hydrogens is 364 g/mol. The largest absolute Gasteiger partial charge is 0.372 e. The summed E-state index contributed by atoms with van der Waals surface area (Å²) in [6.45, 7) is 3.92. The van der Waals surface area contributed by atoms with Gasteiger partial charge in [0.25, 0.3) is 0 Å². The summed E-state index contributed by atoms with van der Waals surface area (Å²) in [6, 6.07) is 16.9. The zero-order chi connectivity index (χ0) is 20.6. The van der Waals surface area contributed by atoms with Gasteiger partial charge in [0, 0.05) is 44.4 Å². The molecule has 0 bridgehead atoms. The van der Waals surface area contributed by atoms with E-state index in [9.17, 15) is 9.59 Å². The predicted octanol–water partition coefficient (Wildman–Crippen LogP) is 3.93. The standard InChI is InChI=1S/C23H26N4O2/c1-18(28)27(16-13-23(29)25-22-8-4-3-7-19(22)17-24)21-11-9-20(10-12-21)26-14-5-2-6-15-26/h3-4,7-12H,2,5-6,13-16H2,1H3,(H,25,29). The van der Waals surface area contributed by atoms with Crippen LogP contribution in [0.3, 0.4) is 0 Å². The smallest absolute Gasteiger partial charge is 0.226 e. The lowest BCUT2D eigenvalue weighted by Gasteiger charge is -2.29. The Balaban J connectivity index is 1.62. The molecule has 0 spiro atoms. The van der Waals surface area contributed by atoms with E-state index in [1.165, 1.54) is 31.9 Å². The van der Waals surface area contributed by atoms with Crippen molar-refractivity contribution < 1.29 is 9.59 Å². The van der Waals surface area contributed by atoms with Crippen LogP contribution in [0.1, 0.15) is 38.2 Å². The van der Waals surface area contributed by atoms with Gasteiger partial charge in [0.1, 0.15) is 6.07 Å². The molecular formula is C23H26N4O2. The molecule has 1 saturated heterocycles. The van der Waals surface area contributed by atoms with Gasteiger partial charge in [-0.1, -0.05) is 12.1 Å². The number of amides is 2. The van der Waals surface area contributed by atoms with Crippen molar-refractivity contribution in [1.82, 2.24) is 0 Å². The van der Waals surface area contributed by atoms with Gasteiger partial charge in [-0.15, -0.1) is 0 Å². The molecule has 0 aliphatic carbocycles. The fourth-order valence-corrected chi connectivity index (χ4v) is 3.58. The minimum atomic E-state index is -0.233. The van der Waals surface area contributed by atoms with Crippen LogP contribution in [-0.4, -0.2) is 31.4 Å². The molecule has 0 unspecified atom stereocenters. The van der Waals surface area contributed by atoms with E-state index in [-0.39, 0.29) is 24.8 Å². The minimum Gasteiger partial charge on any atom is -0.372 e. The molecule has 1 fully saturated rings. The molecule has 6 heteroatoms. The Kier molecular flexibility index (Phi) is 6.85. The van der Waals surface area contributed by atoms with E-state index in [1.54, 1.807) is 29.2 Å². The van der Waals surface area contributed by atoms with Crippen LogP contribution in [0.25, 0.3) is 0 Å². The van der Waals surface area contributed by atoms with Gasteiger partial charge in [0.05, 0.1) is 11.3 Å². The molecule has 1 heterocycles. The summed E-state index contributed by atoms with van der Waals surface area (Å²) >= 11 is 0. The third-order valence-corrected chi connectivity index (χ3v) is 5.15. The second-order valence-corrected chi connectivity index (χ2v) is 7.19. The summed E-state index contributed by atoms with van der Waals surface area (Å²) in [6.07, 6.45) is 3.86. The highest BCUT2D eigenvalue weighted by atomic mass is 16.2. The van der Waals surface area contributed by atoms with Crippen LogP contribution in [0.5, 0.6) is 0 Å². The molecule has 2 aromatic carbocycles. The molecule has 0 atom stereocenters. The van der Waals surface area contributed by atoms with Crippen molar-refractivity contribution in [1.29, 1.82) is 5.26 Å². The first-order valence-electron chi connectivity index (χ1n) is 10.0. The molecule has 0 aromatic heterocycles. The van der Waals surface area contributed by atoms with Gasteiger partial charge in [0.15, 0.2) is 0 Å². The number of rotatable bonds is 6. The van der Waals surface area contributed by atoms with E-state index >= 15 is 0 Å². The average Bonchev–Trinajstić information content (AvgIpc) is 2.75. The number of anilines is 3. The van der Waals surface area contributed by atoms with Gasteiger partial charge < -0.3 is 15.1 Å². The first kappa shape index (κ1) is 20.4. The Morgan fingerprint density at radius 2 is 1.76 bits per heavy atom. The molecule has 2 aromatic rings. The van der Waals surface area contributed by atoms with E-state index < -0.39 is 0 Å². The fourth-order valence-electron chi connectivity index (χ4n) is 3.58. The average molecular weight is 390 g/mol. The Labute approximate surface area is 171 Å². The first-order chi connectivity index (χ1) is 14.1. The molecule has 3 rings (SSSR count). The number of benzene rings is 2. The van der Waals surface area contributed by atoms with Crippen LogP contribution >= 0.6 is 0 Å². The summed E-state index contributed by atoms with van der Waals surface area (Å²) in [5.41, 5.74) is 2.85. The molecule has 1 aliphatic rings. The maximum absolute atomic E-state index is 12.3. The van der Waals surface area contributed by atoms with Gasteiger partial charge in [-0.25, -0.2) is 0 Å². The van der Waals surface area contributed by atoms with Crippen molar-refractivity contribution in [3.63, 3.8) is 0 Å². The summed E-state index contributed by atoms with van der Waals surface area (Å²) in [7, 11) is 0. The van der Waals surface area contributed by atoms with Crippen molar-refractivity contribution in [3.05, 3.63) is 54.1 Å². The Morgan fingerprint density at radius 3 is 2.41 bits per heavy atom. The van der Waals surface area contributed by atoms with E-state index in [0.29, 0.717) is 11.3 Å². The van der Waals surface area contributed by atoms with Crippen molar-refractivity contribution >= 4 is 28.9 Å². The zero-order valence-corrected chi connectivity index (χ0v) is 16.7. The van der Waals surface area contributed by atoms with Crippen molar-refractivity contribution in [2.75, 3.05) is 34.8 Å². The van der Waals surface area contributed by atoms with E-state index in [4.69, 9.17) is 5.26 Å². The number of nitriles is 1. The molecule has 2 amide bonds. The van der Waals surface area contributed by atoms with Gasteiger partial charge in [-0.05, 0) is 55.7 Å². The van der Waals surface area contributed by atoms with Crippen molar-refractivity contribution in [3.8, 4) is 6.07 Å². The molecule has 0 radical (unpaired) electrons. The fraction of sp³-hybridized carbons (Fsp3) is 0.348. The van der Waals surface area contributed by atoms with E-state index in [0.717, 1.165) is 18.8 Å². The van der Waals surface area contributed by atoms with Crippen LogP contribution in [0.2, 0.25) is 0 Å². The lowest BCUT2D eigenvalue weighted by atomic mass is 10.1. The third-order valence-electron chi connectivity index (χ3n) is 5.15. The maximum atomic E-state index is 12.3. The molecule has 29 heavy (non-hydrogen) atoms. The lowest BCUT2D eigenvalue weighted by Crippen LogP contribution is -2.32. The normalized spacial score (nSPS) is 13.4. The van der Waals surface area contributed by atoms with Gasteiger partial charge in [0.2, 0.25) is 11.8 Å². The Bertz CT molecular complexity index is 896. The molecule has 0 saturated carbocycles. The van der Waals surface area contributed by atoms with Crippen LogP contribution in [-0.2, 0) is 9.59 Å².